The Bertz CT molecular complexity index is 1190. The van der Waals surface area contributed by atoms with Crippen molar-refractivity contribution >= 4 is 40.9 Å². The fraction of sp³-hybridized carbons (Fsp3) is 0.0435. The van der Waals surface area contributed by atoms with E-state index in [1.165, 1.54) is 7.11 Å². The molecule has 0 atom stereocenters. The molecule has 2 aromatic carbocycles. The van der Waals surface area contributed by atoms with Gasteiger partial charge in [-0.3, -0.25) is 19.9 Å². The number of nitrogens with zero attached hydrogens (tertiary/aromatic N) is 1. The van der Waals surface area contributed by atoms with Crippen molar-refractivity contribution in [3.05, 3.63) is 83.7 Å². The van der Waals surface area contributed by atoms with E-state index in [2.05, 4.69) is 20.9 Å². The van der Waals surface area contributed by atoms with Crippen LogP contribution in [-0.4, -0.2) is 29.9 Å². The van der Waals surface area contributed by atoms with Gasteiger partial charge >= 0.3 is 6.03 Å². The molecule has 0 fully saturated rings. The minimum absolute atomic E-state index is 0.253. The quantitative estimate of drug-likeness (QED) is 0.566. The zero-order valence-electron chi connectivity index (χ0n) is 16.5. The number of benzene rings is 2. The molecule has 0 radical (unpaired) electrons. The summed E-state index contributed by atoms with van der Waals surface area (Å²) in [6.45, 7) is 0. The van der Waals surface area contributed by atoms with Gasteiger partial charge in [0.1, 0.15) is 5.75 Å². The van der Waals surface area contributed by atoms with Gasteiger partial charge in [-0.05, 0) is 54.6 Å². The van der Waals surface area contributed by atoms with E-state index in [-0.39, 0.29) is 5.91 Å². The number of hydrogen-bond donors (Lipinski definition) is 3. The summed E-state index contributed by atoms with van der Waals surface area (Å²) >= 11 is 0. The molecule has 31 heavy (non-hydrogen) atoms. The monoisotopic (exact) mass is 414 g/mol. The van der Waals surface area contributed by atoms with E-state index in [4.69, 9.17) is 4.74 Å². The molecule has 0 spiro atoms. The Balaban J connectivity index is 1.45. The van der Waals surface area contributed by atoms with Crippen molar-refractivity contribution in [1.29, 1.82) is 0 Å². The number of ether oxygens (including phenoxy) is 1. The molecule has 8 heteroatoms. The number of amides is 4. The highest BCUT2D eigenvalue weighted by Crippen LogP contribution is 2.34. The van der Waals surface area contributed by atoms with E-state index in [1.54, 1.807) is 66.9 Å². The molecule has 1 aliphatic heterocycles. The number of carbonyl (C=O) groups is 3. The second-order valence-corrected chi connectivity index (χ2v) is 6.66. The van der Waals surface area contributed by atoms with Gasteiger partial charge in [0.05, 0.1) is 24.1 Å². The van der Waals surface area contributed by atoms with Gasteiger partial charge in [-0.2, -0.15) is 0 Å². The second kappa shape index (κ2) is 8.50. The fourth-order valence-corrected chi connectivity index (χ4v) is 3.10. The lowest BCUT2D eigenvalue weighted by Gasteiger charge is -2.08. The van der Waals surface area contributed by atoms with E-state index in [0.29, 0.717) is 39.5 Å². The number of fused-ring (bicyclic) bond motifs is 1. The molecule has 1 aromatic heterocycles. The topological polar surface area (TPSA) is 109 Å². The van der Waals surface area contributed by atoms with E-state index in [9.17, 15) is 14.4 Å². The maximum atomic E-state index is 12.4. The number of pyridine rings is 1. The van der Waals surface area contributed by atoms with Crippen molar-refractivity contribution in [3.63, 3.8) is 0 Å². The standard InChI is InChI=1S/C23H18N4O4/c1-31-17-8-5-14(6-9-17)21(28)27-23(30)25-16-7-10-18-19(22(29)26-20(18)13-16)12-15-4-2-3-11-24-15/h2-13H,1H3,(H,26,29)(H2,25,27,28,30)/b19-12+. The molecular weight excluding hydrogens is 396 g/mol. The summed E-state index contributed by atoms with van der Waals surface area (Å²) in [6.07, 6.45) is 3.35. The van der Waals surface area contributed by atoms with Gasteiger partial charge in [0, 0.05) is 23.0 Å². The number of hydrogen-bond acceptors (Lipinski definition) is 5. The van der Waals surface area contributed by atoms with Crippen LogP contribution in [0.1, 0.15) is 21.6 Å². The fourth-order valence-electron chi connectivity index (χ4n) is 3.10. The molecule has 3 aromatic rings. The molecule has 8 nitrogen and oxygen atoms in total. The zero-order chi connectivity index (χ0) is 21.8. The SMILES string of the molecule is COc1ccc(C(=O)NC(=O)Nc2ccc3c(c2)NC(=O)/C3=C/c2ccccn2)cc1. The number of anilines is 2. The largest absolute Gasteiger partial charge is 0.497 e. The third-order valence-electron chi connectivity index (χ3n) is 4.62. The zero-order valence-corrected chi connectivity index (χ0v) is 16.5. The maximum absolute atomic E-state index is 12.4. The molecule has 154 valence electrons. The number of imide groups is 1. The first kappa shape index (κ1) is 19.8. The smallest absolute Gasteiger partial charge is 0.326 e. The molecule has 4 amide bonds. The Morgan fingerprint density at radius 3 is 2.58 bits per heavy atom. The van der Waals surface area contributed by atoms with Crippen LogP contribution in [0.4, 0.5) is 16.2 Å². The first-order chi connectivity index (χ1) is 15.0. The average Bonchev–Trinajstić information content (AvgIpc) is 3.08. The first-order valence-corrected chi connectivity index (χ1v) is 9.38. The second-order valence-electron chi connectivity index (χ2n) is 6.66. The number of urea groups is 1. The van der Waals surface area contributed by atoms with Crippen molar-refractivity contribution in [1.82, 2.24) is 10.3 Å². The van der Waals surface area contributed by atoms with E-state index in [1.807, 2.05) is 6.07 Å². The Morgan fingerprint density at radius 1 is 1.06 bits per heavy atom. The van der Waals surface area contributed by atoms with Gasteiger partial charge in [-0.15, -0.1) is 0 Å². The van der Waals surface area contributed by atoms with Crippen LogP contribution < -0.4 is 20.7 Å². The molecule has 0 unspecified atom stereocenters. The summed E-state index contributed by atoms with van der Waals surface area (Å²) in [6, 6.07) is 16.1. The Labute approximate surface area is 178 Å². The van der Waals surface area contributed by atoms with E-state index in [0.717, 1.165) is 0 Å². The number of rotatable bonds is 4. The van der Waals surface area contributed by atoms with Gasteiger partial charge in [-0.25, -0.2) is 4.79 Å². The lowest BCUT2D eigenvalue weighted by Crippen LogP contribution is -2.34. The molecule has 0 aliphatic carbocycles. The molecule has 0 saturated heterocycles. The van der Waals surface area contributed by atoms with Gasteiger partial charge in [-0.1, -0.05) is 12.1 Å². The highest BCUT2D eigenvalue weighted by Gasteiger charge is 2.24. The molecule has 4 rings (SSSR count). The normalized spacial score (nSPS) is 13.3. The number of aromatic nitrogens is 1. The number of methoxy groups -OCH3 is 1. The predicted molar refractivity (Wildman–Crippen MR) is 117 cm³/mol. The predicted octanol–water partition coefficient (Wildman–Crippen LogP) is 3.54. The maximum Gasteiger partial charge on any atom is 0.326 e. The van der Waals surface area contributed by atoms with Crippen LogP contribution in [-0.2, 0) is 4.79 Å². The summed E-state index contributed by atoms with van der Waals surface area (Å²) in [5.41, 5.74) is 3.17. The van der Waals surface area contributed by atoms with Gasteiger partial charge in [0.25, 0.3) is 11.8 Å². The highest BCUT2D eigenvalue weighted by atomic mass is 16.5. The average molecular weight is 414 g/mol. The first-order valence-electron chi connectivity index (χ1n) is 9.38. The van der Waals surface area contributed by atoms with Gasteiger partial charge in [0.2, 0.25) is 0 Å². The lowest BCUT2D eigenvalue weighted by atomic mass is 10.1. The van der Waals surface area contributed by atoms with Crippen molar-refractivity contribution in [2.24, 2.45) is 0 Å². The third-order valence-corrected chi connectivity index (χ3v) is 4.62. The lowest BCUT2D eigenvalue weighted by molar-refractivity contribution is -0.110. The molecule has 3 N–H and O–H groups in total. The van der Waals surface area contributed by atoms with Crippen LogP contribution in [0.25, 0.3) is 11.6 Å². The Morgan fingerprint density at radius 2 is 1.87 bits per heavy atom. The summed E-state index contributed by atoms with van der Waals surface area (Å²) in [5.74, 6) is -0.190. The van der Waals surface area contributed by atoms with E-state index >= 15 is 0 Å². The molecular formula is C23H18N4O4. The van der Waals surface area contributed by atoms with Crippen molar-refractivity contribution in [3.8, 4) is 5.75 Å². The Hall–Kier alpha value is -4.46. The third kappa shape index (κ3) is 4.43. The summed E-state index contributed by atoms with van der Waals surface area (Å²) in [5, 5.41) is 7.63. The Kier molecular flexibility index (Phi) is 5.44. The molecule has 0 saturated carbocycles. The van der Waals surface area contributed by atoms with Gasteiger partial charge in [0.15, 0.2) is 0 Å². The minimum Gasteiger partial charge on any atom is -0.497 e. The van der Waals surface area contributed by atoms with Crippen LogP contribution >= 0.6 is 0 Å². The molecule has 1 aliphatic rings. The summed E-state index contributed by atoms with van der Waals surface area (Å²) < 4.78 is 5.05. The summed E-state index contributed by atoms with van der Waals surface area (Å²) in [7, 11) is 1.53. The number of nitrogens with one attached hydrogen (secondary N) is 3. The van der Waals surface area contributed by atoms with Crippen LogP contribution in [0.5, 0.6) is 5.75 Å². The molecule has 2 heterocycles. The van der Waals surface area contributed by atoms with Crippen molar-refractivity contribution < 1.29 is 19.1 Å². The van der Waals surface area contributed by atoms with Crippen molar-refractivity contribution in [2.45, 2.75) is 0 Å². The van der Waals surface area contributed by atoms with Crippen molar-refractivity contribution in [2.75, 3.05) is 17.7 Å². The van der Waals surface area contributed by atoms with Gasteiger partial charge < -0.3 is 15.4 Å². The van der Waals surface area contributed by atoms with E-state index < -0.39 is 11.9 Å². The van der Waals surface area contributed by atoms with Crippen LogP contribution in [0, 0.1) is 0 Å². The van der Waals surface area contributed by atoms with Crippen LogP contribution in [0.2, 0.25) is 0 Å². The summed E-state index contributed by atoms with van der Waals surface area (Å²) in [4.78, 5) is 41.0. The number of carbonyl (C=O) groups excluding carboxylic acids is 3. The minimum atomic E-state index is -0.686. The molecule has 0 bridgehead atoms. The van der Waals surface area contributed by atoms with Crippen LogP contribution in [0.15, 0.2) is 66.9 Å². The van der Waals surface area contributed by atoms with Crippen LogP contribution in [0.3, 0.4) is 0 Å². The highest BCUT2D eigenvalue weighted by molar-refractivity contribution is 6.35.